The first-order chi connectivity index (χ1) is 17.5. The zero-order chi connectivity index (χ0) is 24.6. The molecule has 7 nitrogen and oxygen atoms in total. The Balaban J connectivity index is 1.24. The number of aromatic amines is 1. The number of aromatic nitrogens is 2. The largest absolute Gasteiger partial charge is 0.361 e. The summed E-state index contributed by atoms with van der Waals surface area (Å²) < 4.78 is 0. The van der Waals surface area contributed by atoms with E-state index < -0.39 is 0 Å². The quantitative estimate of drug-likeness (QED) is 0.470. The fourth-order valence-electron chi connectivity index (χ4n) is 5.18. The number of hydrogen-bond donors (Lipinski definition) is 2. The van der Waals surface area contributed by atoms with Crippen molar-refractivity contribution in [3.05, 3.63) is 76.7 Å². The highest BCUT2D eigenvalue weighted by Gasteiger charge is 2.24. The molecule has 1 fully saturated rings. The molecular weight excluding hydrogens is 450 g/mol. The van der Waals surface area contributed by atoms with Gasteiger partial charge in [-0.2, -0.15) is 0 Å². The van der Waals surface area contributed by atoms with E-state index in [2.05, 4.69) is 40.5 Å². The van der Waals surface area contributed by atoms with Crippen molar-refractivity contribution in [3.8, 4) is 0 Å². The number of amides is 2. The molecule has 0 bridgehead atoms. The molecule has 2 aliphatic heterocycles. The van der Waals surface area contributed by atoms with Gasteiger partial charge in [0, 0.05) is 61.8 Å². The van der Waals surface area contributed by atoms with E-state index >= 15 is 0 Å². The van der Waals surface area contributed by atoms with Crippen LogP contribution in [0.2, 0.25) is 0 Å². The second-order valence-electron chi connectivity index (χ2n) is 9.73. The summed E-state index contributed by atoms with van der Waals surface area (Å²) in [5.41, 5.74) is 5.49. The number of carbonyl (C=O) groups is 2. The molecule has 4 heterocycles. The van der Waals surface area contributed by atoms with Crippen LogP contribution < -0.4 is 5.32 Å². The van der Waals surface area contributed by atoms with Crippen molar-refractivity contribution in [3.63, 3.8) is 0 Å². The van der Waals surface area contributed by atoms with Crippen LogP contribution >= 0.6 is 0 Å². The van der Waals surface area contributed by atoms with Crippen molar-refractivity contribution in [1.29, 1.82) is 0 Å². The lowest BCUT2D eigenvalue weighted by Crippen LogP contribution is -2.47. The van der Waals surface area contributed by atoms with Crippen molar-refractivity contribution in [2.24, 2.45) is 0 Å². The molecule has 0 aliphatic carbocycles. The molecule has 0 spiro atoms. The molecular formula is C29H29N5O2. The second-order valence-corrected chi connectivity index (χ2v) is 9.73. The van der Waals surface area contributed by atoms with Gasteiger partial charge in [-0.15, -0.1) is 0 Å². The van der Waals surface area contributed by atoms with Crippen LogP contribution in [0, 0.1) is 0 Å². The summed E-state index contributed by atoms with van der Waals surface area (Å²) in [6.45, 7) is 4.09. The first kappa shape index (κ1) is 22.5. The van der Waals surface area contributed by atoms with Gasteiger partial charge in [-0.25, -0.2) is 0 Å². The summed E-state index contributed by atoms with van der Waals surface area (Å²) in [5, 5.41) is 5.92. The van der Waals surface area contributed by atoms with Crippen molar-refractivity contribution < 1.29 is 9.59 Å². The van der Waals surface area contributed by atoms with Gasteiger partial charge in [-0.3, -0.25) is 14.6 Å². The molecule has 0 saturated carbocycles. The number of benzene rings is 2. The standard InChI is InChI=1S/C29H29N5O2/c1-33-11-13-34(14-12-33)26(35)16-20-4-2-3-19(15-20)5-7-22-17-24-21(18-31-22)6-8-23-27-25(32-28(23)24)9-10-30-29(27)36/h2-8,15,17-18,31H,9-14,16H2,1H3,(H,30,36). The predicted octanol–water partition coefficient (Wildman–Crippen LogP) is 3.49. The average molecular weight is 480 g/mol. The summed E-state index contributed by atoms with van der Waals surface area (Å²) in [5.74, 6) is 0.154. The Bertz CT molecular complexity index is 1510. The highest BCUT2D eigenvalue weighted by Crippen LogP contribution is 2.31. The smallest absolute Gasteiger partial charge is 0.253 e. The number of piperazine rings is 1. The van der Waals surface area contributed by atoms with Gasteiger partial charge in [0.25, 0.3) is 5.91 Å². The Morgan fingerprint density at radius 3 is 2.78 bits per heavy atom. The van der Waals surface area contributed by atoms with Crippen LogP contribution in [-0.2, 0) is 17.6 Å². The third kappa shape index (κ3) is 4.27. The third-order valence-corrected chi connectivity index (χ3v) is 7.24. The lowest BCUT2D eigenvalue weighted by Gasteiger charge is -2.32. The maximum atomic E-state index is 12.7. The highest BCUT2D eigenvalue weighted by atomic mass is 16.2. The maximum absolute atomic E-state index is 12.7. The van der Waals surface area contributed by atoms with E-state index in [0.29, 0.717) is 18.5 Å². The van der Waals surface area contributed by atoms with E-state index in [-0.39, 0.29) is 11.8 Å². The Hall–Kier alpha value is -3.97. The minimum Gasteiger partial charge on any atom is -0.361 e. The average Bonchev–Trinajstić information content (AvgIpc) is 3.28. The fraction of sp³-hybridized carbons (Fsp3) is 0.276. The van der Waals surface area contributed by atoms with Crippen molar-refractivity contribution in [2.45, 2.75) is 12.8 Å². The highest BCUT2D eigenvalue weighted by molar-refractivity contribution is 6.15. The van der Waals surface area contributed by atoms with E-state index in [1.54, 1.807) is 0 Å². The van der Waals surface area contributed by atoms with Crippen LogP contribution in [0.15, 0.2) is 48.7 Å². The van der Waals surface area contributed by atoms with E-state index in [0.717, 1.165) is 76.8 Å². The van der Waals surface area contributed by atoms with Crippen molar-refractivity contribution in [1.82, 2.24) is 25.1 Å². The predicted molar refractivity (Wildman–Crippen MR) is 143 cm³/mol. The minimum atomic E-state index is -0.0355. The summed E-state index contributed by atoms with van der Waals surface area (Å²) in [7, 11) is 2.09. The number of likely N-dealkylation sites (N-methyl/N-ethyl adjacent to an activating group) is 1. The fourth-order valence-corrected chi connectivity index (χ4v) is 5.18. The Labute approximate surface area is 209 Å². The van der Waals surface area contributed by atoms with Gasteiger partial charge in [-0.05, 0) is 35.7 Å². The zero-order valence-electron chi connectivity index (χ0n) is 20.4. The molecule has 7 heteroatoms. The first-order valence-electron chi connectivity index (χ1n) is 12.5. The van der Waals surface area contributed by atoms with Gasteiger partial charge in [0.2, 0.25) is 5.91 Å². The number of hydrogen-bond acceptors (Lipinski definition) is 4. The van der Waals surface area contributed by atoms with E-state index in [9.17, 15) is 9.59 Å². The molecule has 2 aromatic heterocycles. The SMILES string of the molecule is CN1CCN(C(=O)Cc2cccc(C=Cc3cc4c(ccc5c6c(nc54)CCNC6=O)c[nH]3)c2)CC1. The number of fused-ring (bicyclic) bond motifs is 5. The van der Waals surface area contributed by atoms with Gasteiger partial charge < -0.3 is 20.1 Å². The first-order valence-corrected chi connectivity index (χ1v) is 12.5. The van der Waals surface area contributed by atoms with Crippen LogP contribution in [0.1, 0.15) is 32.9 Å². The van der Waals surface area contributed by atoms with Crippen LogP contribution in [0.3, 0.4) is 0 Å². The molecule has 2 aromatic carbocycles. The number of pyridine rings is 1. The van der Waals surface area contributed by atoms with Crippen molar-refractivity contribution in [2.75, 3.05) is 39.8 Å². The Morgan fingerprint density at radius 2 is 1.92 bits per heavy atom. The van der Waals surface area contributed by atoms with E-state index in [1.807, 2.05) is 47.5 Å². The lowest BCUT2D eigenvalue weighted by atomic mass is 10.0. The van der Waals surface area contributed by atoms with Gasteiger partial charge in [-0.1, -0.05) is 42.5 Å². The van der Waals surface area contributed by atoms with Crippen LogP contribution in [0.25, 0.3) is 33.8 Å². The molecule has 0 radical (unpaired) electrons. The monoisotopic (exact) mass is 479 g/mol. The summed E-state index contributed by atoms with van der Waals surface area (Å²) in [4.78, 5) is 37.6. The molecule has 0 atom stereocenters. The number of nitrogens with zero attached hydrogens (tertiary/aromatic N) is 3. The van der Waals surface area contributed by atoms with Gasteiger partial charge in [0.1, 0.15) is 0 Å². The maximum Gasteiger partial charge on any atom is 0.253 e. The van der Waals surface area contributed by atoms with Gasteiger partial charge in [0.15, 0.2) is 0 Å². The summed E-state index contributed by atoms with van der Waals surface area (Å²) >= 11 is 0. The normalized spacial score (nSPS) is 16.6. The van der Waals surface area contributed by atoms with Crippen LogP contribution in [0.4, 0.5) is 0 Å². The number of rotatable bonds is 4. The topological polar surface area (TPSA) is 81.3 Å². The van der Waals surface area contributed by atoms with Crippen molar-refractivity contribution >= 4 is 45.6 Å². The van der Waals surface area contributed by atoms with Gasteiger partial charge in [0.05, 0.1) is 23.2 Å². The molecule has 0 unspecified atom stereocenters. The third-order valence-electron chi connectivity index (χ3n) is 7.24. The number of nitrogens with one attached hydrogen (secondary N) is 2. The lowest BCUT2D eigenvalue weighted by molar-refractivity contribution is -0.132. The molecule has 4 aromatic rings. The van der Waals surface area contributed by atoms with Crippen LogP contribution in [0.5, 0.6) is 0 Å². The molecule has 2 aliphatic rings. The Kier molecular flexibility index (Phi) is 5.77. The summed E-state index contributed by atoms with van der Waals surface area (Å²) in [6, 6.07) is 14.3. The van der Waals surface area contributed by atoms with E-state index in [4.69, 9.17) is 4.98 Å². The van der Waals surface area contributed by atoms with E-state index in [1.165, 1.54) is 0 Å². The summed E-state index contributed by atoms with van der Waals surface area (Å²) in [6.07, 6.45) is 7.25. The van der Waals surface area contributed by atoms with Crippen LogP contribution in [-0.4, -0.2) is 71.4 Å². The molecule has 6 rings (SSSR count). The molecule has 2 amide bonds. The molecule has 2 N–H and O–H groups in total. The molecule has 36 heavy (non-hydrogen) atoms. The second kappa shape index (κ2) is 9.24. The minimum absolute atomic E-state index is 0.0355. The molecule has 1 saturated heterocycles. The zero-order valence-corrected chi connectivity index (χ0v) is 20.4. The number of carbonyl (C=O) groups excluding carboxylic acids is 2. The number of H-pyrrole nitrogens is 1. The van der Waals surface area contributed by atoms with Gasteiger partial charge >= 0.3 is 0 Å². The Morgan fingerprint density at radius 1 is 1.06 bits per heavy atom. The molecule has 182 valence electrons.